The number of nitrogens with one attached hydrogen (secondary N) is 1. The Balaban J connectivity index is 2.02. The van der Waals surface area contributed by atoms with Crippen LogP contribution < -0.4 is 0 Å². The molecule has 0 saturated heterocycles. The van der Waals surface area contributed by atoms with Gasteiger partial charge in [-0.25, -0.2) is 14.6 Å². The highest BCUT2D eigenvalue weighted by Gasteiger charge is 2.13. The summed E-state index contributed by atoms with van der Waals surface area (Å²) in [4.78, 5) is 41.1. The van der Waals surface area contributed by atoms with Crippen LogP contribution in [0.25, 0.3) is 0 Å². The second-order valence-corrected chi connectivity index (χ2v) is 4.46. The summed E-state index contributed by atoms with van der Waals surface area (Å²) in [6.07, 6.45) is 1.43. The van der Waals surface area contributed by atoms with E-state index in [4.69, 9.17) is 4.74 Å². The maximum Gasteiger partial charge on any atom is 0.338 e. The van der Waals surface area contributed by atoms with Crippen LogP contribution in [0.2, 0.25) is 0 Å². The number of nitrogens with zero attached hydrogens (tertiary/aromatic N) is 1. The Kier molecular flexibility index (Phi) is 4.67. The van der Waals surface area contributed by atoms with Crippen LogP contribution in [0, 0.1) is 0 Å². The van der Waals surface area contributed by atoms with Crippen LogP contribution in [0.15, 0.2) is 30.5 Å². The number of carbonyl (C=O) groups excluding carboxylic acids is 3. The number of hydrogen-bond acceptors (Lipinski definition) is 6. The van der Waals surface area contributed by atoms with Gasteiger partial charge in [-0.15, -0.1) is 0 Å². The van der Waals surface area contributed by atoms with E-state index in [1.165, 1.54) is 38.4 Å². The fraction of sp³-hybridized carbons (Fsp3) is 0.200. The van der Waals surface area contributed by atoms with Crippen molar-refractivity contribution in [2.45, 2.75) is 13.5 Å². The minimum absolute atomic E-state index is 0.0540. The van der Waals surface area contributed by atoms with Gasteiger partial charge in [0.15, 0.2) is 11.6 Å². The molecule has 0 bridgehead atoms. The highest BCUT2D eigenvalue weighted by molar-refractivity contribution is 5.95. The Hall–Kier alpha value is -2.96. The number of aromatic nitrogens is 2. The van der Waals surface area contributed by atoms with E-state index in [0.29, 0.717) is 5.69 Å². The molecule has 1 aromatic carbocycles. The lowest BCUT2D eigenvalue weighted by Gasteiger charge is -2.05. The van der Waals surface area contributed by atoms with Crippen molar-refractivity contribution in [3.05, 3.63) is 53.1 Å². The number of carbonyl (C=O) groups is 3. The van der Waals surface area contributed by atoms with Crippen LogP contribution in [0.1, 0.15) is 44.0 Å². The third-order valence-electron chi connectivity index (χ3n) is 2.84. The molecule has 1 aromatic heterocycles. The van der Waals surface area contributed by atoms with Crippen LogP contribution >= 0.6 is 0 Å². The van der Waals surface area contributed by atoms with E-state index in [2.05, 4.69) is 14.7 Å². The highest BCUT2D eigenvalue weighted by atomic mass is 16.5. The molecule has 22 heavy (non-hydrogen) atoms. The zero-order valence-electron chi connectivity index (χ0n) is 12.1. The Labute approximate surface area is 126 Å². The minimum Gasteiger partial charge on any atom is -0.465 e. The maximum atomic E-state index is 11.9. The second-order valence-electron chi connectivity index (χ2n) is 4.46. The average molecular weight is 302 g/mol. The molecular formula is C15H14N2O5. The normalized spacial score (nSPS) is 10.1. The molecule has 0 atom stereocenters. The van der Waals surface area contributed by atoms with Gasteiger partial charge in [0.25, 0.3) is 0 Å². The quantitative estimate of drug-likeness (QED) is 0.667. The van der Waals surface area contributed by atoms with Gasteiger partial charge < -0.3 is 14.5 Å². The zero-order valence-corrected chi connectivity index (χ0v) is 12.1. The molecule has 0 aliphatic rings. The fourth-order valence-corrected chi connectivity index (χ4v) is 1.73. The van der Waals surface area contributed by atoms with Gasteiger partial charge in [0.2, 0.25) is 0 Å². The lowest BCUT2D eigenvalue weighted by Crippen LogP contribution is -2.08. The number of imidazole rings is 1. The summed E-state index contributed by atoms with van der Waals surface area (Å²) in [5.41, 5.74) is 0.995. The summed E-state index contributed by atoms with van der Waals surface area (Å²) in [6.45, 7) is 1.33. The fourth-order valence-electron chi connectivity index (χ4n) is 1.73. The number of ether oxygens (including phenoxy) is 2. The van der Waals surface area contributed by atoms with Gasteiger partial charge in [0.05, 0.1) is 30.1 Å². The van der Waals surface area contributed by atoms with Crippen LogP contribution in [-0.2, 0) is 16.1 Å². The maximum absolute atomic E-state index is 11.9. The standard InChI is InChI=1S/C15H14N2O5/c1-9(18)13-16-7-12(17-13)8-22-15(20)11-5-3-4-10(6-11)14(19)21-2/h3-7H,8H2,1-2H3,(H,16,17). The first-order valence-corrected chi connectivity index (χ1v) is 6.41. The van der Waals surface area contributed by atoms with Crippen molar-refractivity contribution >= 4 is 17.7 Å². The zero-order chi connectivity index (χ0) is 16.1. The van der Waals surface area contributed by atoms with Crippen LogP contribution in [0.5, 0.6) is 0 Å². The molecule has 114 valence electrons. The molecule has 0 radical (unpaired) electrons. The van der Waals surface area contributed by atoms with E-state index in [1.54, 1.807) is 6.07 Å². The van der Waals surface area contributed by atoms with Crippen molar-refractivity contribution in [2.24, 2.45) is 0 Å². The number of H-pyrrole nitrogens is 1. The summed E-state index contributed by atoms with van der Waals surface area (Å²) >= 11 is 0. The predicted molar refractivity (Wildman–Crippen MR) is 75.5 cm³/mol. The van der Waals surface area contributed by atoms with Gasteiger partial charge in [-0.1, -0.05) is 6.07 Å². The van der Waals surface area contributed by atoms with Crippen molar-refractivity contribution < 1.29 is 23.9 Å². The predicted octanol–water partition coefficient (Wildman–Crippen LogP) is 1.76. The summed E-state index contributed by atoms with van der Waals surface area (Å²) < 4.78 is 9.69. The molecule has 0 aliphatic carbocycles. The molecule has 2 rings (SSSR count). The first kappa shape index (κ1) is 15.4. The summed E-state index contributed by atoms with van der Waals surface area (Å²) in [5, 5.41) is 0. The molecule has 0 amide bonds. The van der Waals surface area contributed by atoms with Crippen molar-refractivity contribution in [1.29, 1.82) is 0 Å². The van der Waals surface area contributed by atoms with Crippen LogP contribution in [-0.4, -0.2) is 34.8 Å². The molecule has 1 heterocycles. The monoisotopic (exact) mass is 302 g/mol. The largest absolute Gasteiger partial charge is 0.465 e. The van der Waals surface area contributed by atoms with Gasteiger partial charge in [0.1, 0.15) is 6.61 Å². The smallest absolute Gasteiger partial charge is 0.338 e. The highest BCUT2D eigenvalue weighted by Crippen LogP contribution is 2.09. The van der Waals surface area contributed by atoms with E-state index in [0.717, 1.165) is 0 Å². The van der Waals surface area contributed by atoms with Crippen LogP contribution in [0.4, 0.5) is 0 Å². The van der Waals surface area contributed by atoms with Crippen molar-refractivity contribution in [3.63, 3.8) is 0 Å². The van der Waals surface area contributed by atoms with Gasteiger partial charge in [-0.2, -0.15) is 0 Å². The molecule has 0 aliphatic heterocycles. The number of hydrogen-bond donors (Lipinski definition) is 1. The number of Topliss-reactive ketones (excluding diaryl/α,β-unsaturated/α-hetero) is 1. The molecule has 7 heteroatoms. The summed E-state index contributed by atoms with van der Waals surface area (Å²) in [6, 6.07) is 6.02. The van der Waals surface area contributed by atoms with Gasteiger partial charge in [-0.3, -0.25) is 4.79 Å². The van der Waals surface area contributed by atoms with Gasteiger partial charge in [-0.05, 0) is 18.2 Å². The Morgan fingerprint density at radius 2 is 1.86 bits per heavy atom. The average Bonchev–Trinajstić information content (AvgIpc) is 3.01. The number of methoxy groups -OCH3 is 1. The first-order chi connectivity index (χ1) is 10.5. The third kappa shape index (κ3) is 3.57. The molecule has 7 nitrogen and oxygen atoms in total. The number of esters is 2. The van der Waals surface area contributed by atoms with E-state index in [1.807, 2.05) is 0 Å². The lowest BCUT2D eigenvalue weighted by atomic mass is 10.1. The van der Waals surface area contributed by atoms with Crippen molar-refractivity contribution in [1.82, 2.24) is 9.97 Å². The number of rotatable bonds is 5. The molecule has 0 spiro atoms. The summed E-state index contributed by atoms with van der Waals surface area (Å²) in [5.74, 6) is -1.12. The molecule has 0 saturated carbocycles. The van der Waals surface area contributed by atoms with E-state index < -0.39 is 11.9 Å². The molecule has 0 fully saturated rings. The number of aromatic amines is 1. The Bertz CT molecular complexity index is 720. The van der Waals surface area contributed by atoms with Crippen molar-refractivity contribution in [3.8, 4) is 0 Å². The summed E-state index contributed by atoms with van der Waals surface area (Å²) in [7, 11) is 1.26. The topological polar surface area (TPSA) is 98.3 Å². The number of benzene rings is 1. The Morgan fingerprint density at radius 1 is 1.18 bits per heavy atom. The lowest BCUT2D eigenvalue weighted by molar-refractivity contribution is 0.0468. The van der Waals surface area contributed by atoms with Gasteiger partial charge >= 0.3 is 11.9 Å². The van der Waals surface area contributed by atoms with Gasteiger partial charge in [0, 0.05) is 6.92 Å². The van der Waals surface area contributed by atoms with E-state index in [9.17, 15) is 14.4 Å². The number of ketones is 1. The SMILES string of the molecule is COC(=O)c1cccc(C(=O)OCc2cnc(C(C)=O)[nH]2)c1. The third-order valence-corrected chi connectivity index (χ3v) is 2.84. The van der Waals surface area contributed by atoms with Crippen molar-refractivity contribution in [2.75, 3.05) is 7.11 Å². The Morgan fingerprint density at radius 3 is 2.45 bits per heavy atom. The molecular weight excluding hydrogens is 288 g/mol. The minimum atomic E-state index is -0.593. The first-order valence-electron chi connectivity index (χ1n) is 6.41. The second kappa shape index (κ2) is 6.66. The molecule has 2 aromatic rings. The van der Waals surface area contributed by atoms with Crippen LogP contribution in [0.3, 0.4) is 0 Å². The van der Waals surface area contributed by atoms with E-state index >= 15 is 0 Å². The molecule has 0 unspecified atom stereocenters. The van der Waals surface area contributed by atoms with E-state index in [-0.39, 0.29) is 29.3 Å². The molecule has 1 N–H and O–H groups in total.